The summed E-state index contributed by atoms with van der Waals surface area (Å²) in [4.78, 5) is 0. The molecule has 0 aromatic carbocycles. The molecule has 0 aromatic rings. The van der Waals surface area contributed by atoms with E-state index in [0.717, 1.165) is 0 Å². The van der Waals surface area contributed by atoms with E-state index in [1.54, 1.807) is 0 Å². The monoisotopic (exact) mass is 199 g/mol. The van der Waals surface area contributed by atoms with Crippen molar-refractivity contribution in [1.29, 1.82) is 0 Å². The SMILES string of the molecule is C[N+](CCO)(CCO)CCO.O.[OH-]. The van der Waals surface area contributed by atoms with Crippen LogP contribution in [0.1, 0.15) is 0 Å². The number of hydrogen-bond acceptors (Lipinski definition) is 4. The van der Waals surface area contributed by atoms with Crippen molar-refractivity contribution in [3.05, 3.63) is 0 Å². The second-order valence-electron chi connectivity index (χ2n) is 2.96. The fourth-order valence-corrected chi connectivity index (χ4v) is 1.06. The van der Waals surface area contributed by atoms with E-state index in [-0.39, 0.29) is 30.8 Å². The van der Waals surface area contributed by atoms with Crippen LogP contribution in [0.15, 0.2) is 0 Å². The molecular formula is C7H21NO5. The maximum Gasteiger partial charge on any atom is 0.102 e. The molecule has 84 valence electrons. The van der Waals surface area contributed by atoms with Crippen molar-refractivity contribution in [1.82, 2.24) is 0 Å². The van der Waals surface area contributed by atoms with E-state index in [2.05, 4.69) is 0 Å². The minimum atomic E-state index is 0. The van der Waals surface area contributed by atoms with Gasteiger partial charge in [-0.15, -0.1) is 0 Å². The molecule has 0 fully saturated rings. The molecule has 0 bridgehead atoms. The van der Waals surface area contributed by atoms with E-state index in [1.807, 2.05) is 7.05 Å². The van der Waals surface area contributed by atoms with Crippen LogP contribution in [0.5, 0.6) is 0 Å². The Morgan fingerprint density at radius 1 is 0.846 bits per heavy atom. The van der Waals surface area contributed by atoms with E-state index in [0.29, 0.717) is 24.1 Å². The zero-order valence-electron chi connectivity index (χ0n) is 7.98. The molecule has 0 rings (SSSR count). The van der Waals surface area contributed by atoms with Gasteiger partial charge < -0.3 is 30.8 Å². The maximum absolute atomic E-state index is 8.68. The van der Waals surface area contributed by atoms with Gasteiger partial charge in [0.1, 0.15) is 19.6 Å². The zero-order valence-corrected chi connectivity index (χ0v) is 7.98. The number of hydrogen-bond donors (Lipinski definition) is 3. The Kier molecular flexibility index (Phi) is 14.0. The second-order valence-corrected chi connectivity index (χ2v) is 2.96. The van der Waals surface area contributed by atoms with E-state index in [1.165, 1.54) is 0 Å². The Balaban J connectivity index is -0.000000500. The van der Waals surface area contributed by atoms with Crippen LogP contribution in [-0.2, 0) is 0 Å². The molecule has 6 heteroatoms. The summed E-state index contributed by atoms with van der Waals surface area (Å²) in [6.07, 6.45) is 0. The van der Waals surface area contributed by atoms with Crippen molar-refractivity contribution < 1.29 is 30.8 Å². The van der Waals surface area contributed by atoms with Crippen LogP contribution in [-0.4, -0.2) is 77.3 Å². The van der Waals surface area contributed by atoms with Gasteiger partial charge in [0.05, 0.1) is 26.9 Å². The third-order valence-corrected chi connectivity index (χ3v) is 1.92. The van der Waals surface area contributed by atoms with E-state index < -0.39 is 0 Å². The third-order valence-electron chi connectivity index (χ3n) is 1.92. The summed E-state index contributed by atoms with van der Waals surface area (Å²) in [5.41, 5.74) is 0. The first kappa shape index (κ1) is 18.5. The first-order valence-electron chi connectivity index (χ1n) is 3.84. The first-order chi connectivity index (χ1) is 5.18. The van der Waals surface area contributed by atoms with E-state index >= 15 is 0 Å². The van der Waals surface area contributed by atoms with Gasteiger partial charge in [-0.2, -0.15) is 0 Å². The Morgan fingerprint density at radius 3 is 1.23 bits per heavy atom. The average Bonchev–Trinajstić information content (AvgIpc) is 1.88. The predicted molar refractivity (Wildman–Crippen MR) is 47.6 cm³/mol. The molecule has 6 nitrogen and oxygen atoms in total. The van der Waals surface area contributed by atoms with Crippen LogP contribution in [0.2, 0.25) is 0 Å². The molecule has 0 atom stereocenters. The summed E-state index contributed by atoms with van der Waals surface area (Å²) in [7, 11) is 1.91. The molecule has 13 heavy (non-hydrogen) atoms. The summed E-state index contributed by atoms with van der Waals surface area (Å²) in [6.45, 7) is 2.03. The molecular weight excluding hydrogens is 178 g/mol. The van der Waals surface area contributed by atoms with Gasteiger partial charge in [-0.3, -0.25) is 0 Å². The Bertz CT molecular complexity index is 83.9. The van der Waals surface area contributed by atoms with Crippen molar-refractivity contribution in [3.8, 4) is 0 Å². The van der Waals surface area contributed by atoms with Gasteiger partial charge >= 0.3 is 0 Å². The number of aliphatic hydroxyl groups is 3. The van der Waals surface area contributed by atoms with Crippen molar-refractivity contribution in [2.75, 3.05) is 46.5 Å². The summed E-state index contributed by atoms with van der Waals surface area (Å²) >= 11 is 0. The average molecular weight is 199 g/mol. The molecule has 0 aromatic heterocycles. The van der Waals surface area contributed by atoms with Gasteiger partial charge in [0, 0.05) is 0 Å². The topological polar surface area (TPSA) is 122 Å². The molecule has 0 saturated carbocycles. The van der Waals surface area contributed by atoms with Crippen molar-refractivity contribution in [2.24, 2.45) is 0 Å². The molecule has 0 spiro atoms. The highest BCUT2D eigenvalue weighted by atomic mass is 16.3. The minimum absolute atomic E-state index is 0. The highest BCUT2D eigenvalue weighted by molar-refractivity contribution is 4.37. The van der Waals surface area contributed by atoms with Crippen molar-refractivity contribution in [2.45, 2.75) is 0 Å². The molecule has 0 aliphatic carbocycles. The van der Waals surface area contributed by atoms with Crippen LogP contribution < -0.4 is 0 Å². The van der Waals surface area contributed by atoms with Crippen LogP contribution >= 0.6 is 0 Å². The Hall–Kier alpha value is -0.240. The lowest BCUT2D eigenvalue weighted by Crippen LogP contribution is -2.49. The highest BCUT2D eigenvalue weighted by Gasteiger charge is 2.18. The molecule has 0 amide bonds. The number of rotatable bonds is 6. The Morgan fingerprint density at radius 2 is 1.08 bits per heavy atom. The van der Waals surface area contributed by atoms with E-state index in [4.69, 9.17) is 15.3 Å². The number of aliphatic hydroxyl groups excluding tert-OH is 3. The largest absolute Gasteiger partial charge is 0.870 e. The smallest absolute Gasteiger partial charge is 0.102 e. The molecule has 0 heterocycles. The minimum Gasteiger partial charge on any atom is -0.870 e. The van der Waals surface area contributed by atoms with Gasteiger partial charge in [-0.1, -0.05) is 0 Å². The highest BCUT2D eigenvalue weighted by Crippen LogP contribution is 1.99. The molecule has 0 aliphatic heterocycles. The number of likely N-dealkylation sites (N-methyl/N-ethyl adjacent to an activating group) is 1. The molecule has 0 unspecified atom stereocenters. The van der Waals surface area contributed by atoms with Crippen LogP contribution in [0.25, 0.3) is 0 Å². The van der Waals surface area contributed by atoms with Gasteiger partial charge in [-0.25, -0.2) is 0 Å². The summed E-state index contributed by atoms with van der Waals surface area (Å²) in [5.74, 6) is 0. The molecule has 0 radical (unpaired) electrons. The summed E-state index contributed by atoms with van der Waals surface area (Å²) < 4.78 is 0.531. The van der Waals surface area contributed by atoms with Crippen LogP contribution in [0, 0.1) is 0 Å². The first-order valence-corrected chi connectivity index (χ1v) is 3.84. The second kappa shape index (κ2) is 9.85. The third kappa shape index (κ3) is 8.10. The number of quaternary nitrogens is 1. The fraction of sp³-hybridized carbons (Fsp3) is 1.00. The molecule has 0 aliphatic rings. The number of nitrogens with zero attached hydrogens (tertiary/aromatic N) is 1. The Labute approximate surface area is 78.2 Å². The summed E-state index contributed by atoms with van der Waals surface area (Å²) in [6, 6.07) is 0. The fourth-order valence-electron chi connectivity index (χ4n) is 1.06. The molecule has 6 N–H and O–H groups in total. The quantitative estimate of drug-likeness (QED) is 0.406. The lowest BCUT2D eigenvalue weighted by atomic mass is 10.4. The summed E-state index contributed by atoms with van der Waals surface area (Å²) in [5, 5.41) is 26.0. The van der Waals surface area contributed by atoms with Gasteiger partial charge in [-0.05, 0) is 0 Å². The standard InChI is InChI=1S/C7H18NO3.2H2O/c1-8(2-5-9,3-6-10)4-7-11;;/h9-11H,2-7H2,1H3;2*1H2/q+1;;/p-1. The van der Waals surface area contributed by atoms with Gasteiger partial charge in [0.2, 0.25) is 0 Å². The lowest BCUT2D eigenvalue weighted by Gasteiger charge is -2.32. The molecule has 0 saturated heterocycles. The lowest BCUT2D eigenvalue weighted by molar-refractivity contribution is -0.910. The maximum atomic E-state index is 8.68. The van der Waals surface area contributed by atoms with Crippen LogP contribution in [0.4, 0.5) is 0 Å². The van der Waals surface area contributed by atoms with E-state index in [9.17, 15) is 0 Å². The van der Waals surface area contributed by atoms with Gasteiger partial charge in [0.25, 0.3) is 0 Å². The zero-order chi connectivity index (χ0) is 8.74. The van der Waals surface area contributed by atoms with Crippen molar-refractivity contribution >= 4 is 0 Å². The predicted octanol–water partition coefficient (Wildman–Crippen LogP) is -2.59. The van der Waals surface area contributed by atoms with Gasteiger partial charge in [0.15, 0.2) is 0 Å². The van der Waals surface area contributed by atoms with Crippen LogP contribution in [0.3, 0.4) is 0 Å². The normalized spacial score (nSPS) is 10.2. The van der Waals surface area contributed by atoms with Crippen molar-refractivity contribution in [3.63, 3.8) is 0 Å².